The van der Waals surface area contributed by atoms with Crippen molar-refractivity contribution in [1.82, 2.24) is 0 Å². The average molecular weight is 348 g/mol. The van der Waals surface area contributed by atoms with E-state index in [1.807, 2.05) is 12.1 Å². The molecule has 2 aliphatic rings. The molecule has 0 N–H and O–H groups in total. The second kappa shape index (κ2) is 8.82. The molecule has 138 valence electrons. The summed E-state index contributed by atoms with van der Waals surface area (Å²) in [7, 11) is 0. The molecule has 0 radical (unpaired) electrons. The quantitative estimate of drug-likeness (QED) is 0.506. The zero-order chi connectivity index (χ0) is 17.6. The van der Waals surface area contributed by atoms with Crippen LogP contribution in [0.5, 0.6) is 5.75 Å². The lowest BCUT2D eigenvalue weighted by Gasteiger charge is -2.41. The van der Waals surface area contributed by atoms with E-state index in [-0.39, 0.29) is 5.75 Å². The number of hydrogen-bond donors (Lipinski definition) is 0. The largest absolute Gasteiger partial charge is 0.435 e. The van der Waals surface area contributed by atoms with Gasteiger partial charge in [-0.15, -0.1) is 0 Å². The van der Waals surface area contributed by atoms with Crippen LogP contribution in [0, 0.1) is 17.8 Å². The van der Waals surface area contributed by atoms with E-state index in [9.17, 15) is 8.78 Å². The molecule has 4 atom stereocenters. The van der Waals surface area contributed by atoms with Crippen LogP contribution in [-0.2, 0) is 0 Å². The second-order valence-corrected chi connectivity index (χ2v) is 7.77. The normalized spacial score (nSPS) is 29.8. The fourth-order valence-electron chi connectivity index (χ4n) is 4.78. The van der Waals surface area contributed by atoms with Crippen molar-refractivity contribution in [3.8, 4) is 5.75 Å². The Bertz CT molecular complexity index is 552. The Morgan fingerprint density at radius 2 is 1.76 bits per heavy atom. The molecule has 4 unspecified atom stereocenters. The highest BCUT2D eigenvalue weighted by Crippen LogP contribution is 2.47. The molecule has 0 saturated heterocycles. The number of benzene rings is 1. The van der Waals surface area contributed by atoms with Crippen molar-refractivity contribution in [2.45, 2.75) is 70.8 Å². The van der Waals surface area contributed by atoms with Crippen molar-refractivity contribution in [2.24, 2.45) is 17.8 Å². The van der Waals surface area contributed by atoms with Gasteiger partial charge in [-0.05, 0) is 86.3 Å². The summed E-state index contributed by atoms with van der Waals surface area (Å²) in [5.41, 5.74) is 1.28. The number of rotatable bonds is 6. The monoisotopic (exact) mass is 348 g/mol. The predicted molar refractivity (Wildman–Crippen MR) is 98.0 cm³/mol. The lowest BCUT2D eigenvalue weighted by Crippen LogP contribution is -2.30. The third-order valence-corrected chi connectivity index (χ3v) is 6.09. The summed E-state index contributed by atoms with van der Waals surface area (Å²) in [6, 6.07) is 7.32. The summed E-state index contributed by atoms with van der Waals surface area (Å²) in [5.74, 6) is 3.34. The lowest BCUT2D eigenvalue weighted by molar-refractivity contribution is -0.0498. The summed E-state index contributed by atoms with van der Waals surface area (Å²) in [6.07, 6.45) is 15.1. The number of unbranched alkanes of at least 4 members (excludes halogenated alkanes) is 1. The van der Waals surface area contributed by atoms with Gasteiger partial charge in [0.1, 0.15) is 5.75 Å². The molecule has 3 rings (SSSR count). The van der Waals surface area contributed by atoms with Gasteiger partial charge in [0, 0.05) is 0 Å². The molecule has 25 heavy (non-hydrogen) atoms. The maximum atomic E-state index is 12.3. The summed E-state index contributed by atoms with van der Waals surface area (Å²) >= 11 is 0. The van der Waals surface area contributed by atoms with Gasteiger partial charge in [0.15, 0.2) is 0 Å². The molecule has 0 spiro atoms. The van der Waals surface area contributed by atoms with Gasteiger partial charge < -0.3 is 4.74 Å². The zero-order valence-corrected chi connectivity index (χ0v) is 15.2. The molecule has 0 bridgehead atoms. The minimum atomic E-state index is -2.75. The van der Waals surface area contributed by atoms with Gasteiger partial charge in [-0.25, -0.2) is 0 Å². The third kappa shape index (κ3) is 5.05. The number of allylic oxidation sites excluding steroid dienone is 2. The van der Waals surface area contributed by atoms with Crippen molar-refractivity contribution in [2.75, 3.05) is 0 Å². The first-order chi connectivity index (χ1) is 12.2. The Morgan fingerprint density at radius 3 is 2.48 bits per heavy atom. The minimum Gasteiger partial charge on any atom is -0.435 e. The highest BCUT2D eigenvalue weighted by molar-refractivity contribution is 5.30. The van der Waals surface area contributed by atoms with Gasteiger partial charge >= 0.3 is 6.61 Å². The highest BCUT2D eigenvalue weighted by Gasteiger charge is 2.35. The third-order valence-electron chi connectivity index (χ3n) is 6.09. The zero-order valence-electron chi connectivity index (χ0n) is 15.2. The van der Waals surface area contributed by atoms with E-state index in [2.05, 4.69) is 23.8 Å². The van der Waals surface area contributed by atoms with E-state index in [0.717, 1.165) is 17.8 Å². The molecule has 2 fully saturated rings. The SMILES string of the molecule is CCCC=CC1CCC2CC(c3ccc(OC(F)F)cc3)CCC2C1. The predicted octanol–water partition coefficient (Wildman–Crippen LogP) is 6.94. The molecule has 0 aromatic heterocycles. The second-order valence-electron chi connectivity index (χ2n) is 7.77. The molecular formula is C22H30F2O. The van der Waals surface area contributed by atoms with Crippen LogP contribution in [0.25, 0.3) is 0 Å². The first-order valence-corrected chi connectivity index (χ1v) is 9.87. The van der Waals surface area contributed by atoms with Crippen molar-refractivity contribution in [3.05, 3.63) is 42.0 Å². The van der Waals surface area contributed by atoms with Gasteiger partial charge in [0.25, 0.3) is 0 Å². The fraction of sp³-hybridized carbons (Fsp3) is 0.636. The summed E-state index contributed by atoms with van der Waals surface area (Å²) < 4.78 is 29.0. The molecule has 0 amide bonds. The van der Waals surface area contributed by atoms with Crippen molar-refractivity contribution >= 4 is 0 Å². The molecule has 1 aromatic carbocycles. The van der Waals surface area contributed by atoms with Crippen molar-refractivity contribution in [1.29, 1.82) is 0 Å². The molecule has 3 heteroatoms. The Kier molecular flexibility index (Phi) is 6.50. The van der Waals surface area contributed by atoms with E-state index in [1.54, 1.807) is 12.1 Å². The number of ether oxygens (including phenoxy) is 1. The smallest absolute Gasteiger partial charge is 0.387 e. The Balaban J connectivity index is 1.54. The van der Waals surface area contributed by atoms with Crippen LogP contribution in [0.4, 0.5) is 8.78 Å². The summed E-state index contributed by atoms with van der Waals surface area (Å²) in [6.45, 7) is -0.517. The number of hydrogen-bond acceptors (Lipinski definition) is 1. The van der Waals surface area contributed by atoms with Gasteiger partial charge in [0.05, 0.1) is 0 Å². The summed E-state index contributed by atoms with van der Waals surface area (Å²) in [5, 5.41) is 0. The van der Waals surface area contributed by atoms with E-state index in [1.165, 1.54) is 56.9 Å². The molecule has 0 heterocycles. The van der Waals surface area contributed by atoms with Gasteiger partial charge in [-0.3, -0.25) is 0 Å². The number of fused-ring (bicyclic) bond motifs is 1. The van der Waals surface area contributed by atoms with Crippen molar-refractivity contribution < 1.29 is 13.5 Å². The maximum absolute atomic E-state index is 12.3. The molecule has 2 saturated carbocycles. The van der Waals surface area contributed by atoms with Gasteiger partial charge in [-0.2, -0.15) is 8.78 Å². The molecule has 1 nitrogen and oxygen atoms in total. The van der Waals surface area contributed by atoms with E-state index in [0.29, 0.717) is 5.92 Å². The lowest BCUT2D eigenvalue weighted by atomic mass is 9.64. The first kappa shape index (κ1) is 18.4. The van der Waals surface area contributed by atoms with E-state index < -0.39 is 6.61 Å². The van der Waals surface area contributed by atoms with E-state index >= 15 is 0 Å². The standard InChI is InChI=1S/C22H30F2O/c1-2-3-4-5-16-6-7-20-15-19(9-8-18(20)14-16)17-10-12-21(13-11-17)25-22(23)24/h4-5,10-13,16,18-20,22H,2-3,6-9,14-15H2,1H3. The van der Waals surface area contributed by atoms with Gasteiger partial charge in [0.2, 0.25) is 0 Å². The van der Waals surface area contributed by atoms with Crippen LogP contribution in [0.2, 0.25) is 0 Å². The molecule has 0 aliphatic heterocycles. The van der Waals surface area contributed by atoms with Gasteiger partial charge in [-0.1, -0.05) is 37.6 Å². The summed E-state index contributed by atoms with van der Waals surface area (Å²) in [4.78, 5) is 0. The van der Waals surface area contributed by atoms with E-state index in [4.69, 9.17) is 0 Å². The van der Waals surface area contributed by atoms with Crippen LogP contribution in [0.3, 0.4) is 0 Å². The number of halogens is 2. The Hall–Kier alpha value is -1.38. The maximum Gasteiger partial charge on any atom is 0.387 e. The fourth-order valence-corrected chi connectivity index (χ4v) is 4.78. The molecule has 2 aliphatic carbocycles. The van der Waals surface area contributed by atoms with Crippen LogP contribution < -0.4 is 4.74 Å². The van der Waals surface area contributed by atoms with Crippen LogP contribution in [0.1, 0.15) is 69.8 Å². The van der Waals surface area contributed by atoms with Crippen LogP contribution in [0.15, 0.2) is 36.4 Å². The number of alkyl halides is 2. The molecule has 1 aromatic rings. The van der Waals surface area contributed by atoms with Crippen LogP contribution in [-0.4, -0.2) is 6.61 Å². The Labute approximate surface area is 150 Å². The molecular weight excluding hydrogens is 318 g/mol. The minimum absolute atomic E-state index is 0.256. The van der Waals surface area contributed by atoms with Crippen LogP contribution >= 0.6 is 0 Å². The average Bonchev–Trinajstić information content (AvgIpc) is 2.62. The topological polar surface area (TPSA) is 9.23 Å². The Morgan fingerprint density at radius 1 is 1.04 bits per heavy atom. The van der Waals surface area contributed by atoms with Crippen molar-refractivity contribution in [3.63, 3.8) is 0 Å². The highest BCUT2D eigenvalue weighted by atomic mass is 19.3. The first-order valence-electron chi connectivity index (χ1n) is 9.87.